The molecule has 0 aliphatic carbocycles. The van der Waals surface area contributed by atoms with E-state index in [2.05, 4.69) is 5.32 Å². The van der Waals surface area contributed by atoms with Crippen molar-refractivity contribution in [1.82, 2.24) is 10.2 Å². The zero-order chi connectivity index (χ0) is 15.3. The molecule has 1 aromatic carbocycles. The molecule has 0 aliphatic rings. The monoisotopic (exact) mass is 336 g/mol. The molecule has 1 rings (SSSR count). The summed E-state index contributed by atoms with van der Waals surface area (Å²) in [5.41, 5.74) is 1.08. The van der Waals surface area contributed by atoms with Crippen molar-refractivity contribution in [3.05, 3.63) is 35.9 Å². The van der Waals surface area contributed by atoms with Crippen molar-refractivity contribution in [2.75, 3.05) is 7.05 Å². The summed E-state index contributed by atoms with van der Waals surface area (Å²) < 4.78 is -1.60. The Morgan fingerprint density at radius 3 is 2.25 bits per heavy atom. The molecule has 0 aromatic heterocycles. The van der Waals surface area contributed by atoms with Crippen LogP contribution in [0.4, 0.5) is 0 Å². The largest absolute Gasteiger partial charge is 0.336 e. The highest BCUT2D eigenvalue weighted by atomic mass is 35.6. The van der Waals surface area contributed by atoms with E-state index in [9.17, 15) is 4.79 Å². The van der Waals surface area contributed by atoms with Crippen LogP contribution in [-0.4, -0.2) is 27.8 Å². The van der Waals surface area contributed by atoms with Crippen LogP contribution in [0, 0.1) is 5.92 Å². The van der Waals surface area contributed by atoms with E-state index in [1.54, 1.807) is 20.9 Å². The molecule has 0 heterocycles. The first-order chi connectivity index (χ1) is 9.21. The Labute approximate surface area is 135 Å². The van der Waals surface area contributed by atoms with E-state index in [1.807, 2.05) is 35.2 Å². The molecule has 6 heteroatoms. The molecule has 0 saturated carbocycles. The van der Waals surface area contributed by atoms with E-state index in [0.29, 0.717) is 6.54 Å². The highest BCUT2D eigenvalue weighted by Crippen LogP contribution is 2.32. The number of carbonyl (C=O) groups excluding carboxylic acids is 1. The fraction of sp³-hybridized carbons (Fsp3) is 0.500. The predicted octanol–water partition coefficient (Wildman–Crippen LogP) is 3.59. The third-order valence-corrected chi connectivity index (χ3v) is 3.45. The first-order valence-electron chi connectivity index (χ1n) is 6.33. The van der Waals surface area contributed by atoms with Gasteiger partial charge in [-0.1, -0.05) is 79.0 Å². The summed E-state index contributed by atoms with van der Waals surface area (Å²) in [7, 11) is 1.81. The second-order valence-electron chi connectivity index (χ2n) is 5.01. The molecule has 0 aliphatic heterocycles. The molecule has 20 heavy (non-hydrogen) atoms. The van der Waals surface area contributed by atoms with Gasteiger partial charge in [0.1, 0.15) is 6.17 Å². The Morgan fingerprint density at radius 1 is 1.25 bits per heavy atom. The lowest BCUT2D eigenvalue weighted by molar-refractivity contribution is -0.125. The zero-order valence-corrected chi connectivity index (χ0v) is 14.0. The van der Waals surface area contributed by atoms with Crippen LogP contribution in [0.1, 0.15) is 19.4 Å². The van der Waals surface area contributed by atoms with Crippen LogP contribution in [0.3, 0.4) is 0 Å². The normalized spacial score (nSPS) is 13.6. The number of hydrogen-bond donors (Lipinski definition) is 1. The molecular formula is C14H19Cl3N2O. The van der Waals surface area contributed by atoms with Crippen molar-refractivity contribution in [2.45, 2.75) is 30.4 Å². The Kier molecular flexibility index (Phi) is 6.59. The summed E-state index contributed by atoms with van der Waals surface area (Å²) in [4.78, 5) is 13.7. The number of nitrogens with zero attached hydrogens (tertiary/aromatic N) is 1. The molecule has 1 amide bonds. The minimum atomic E-state index is -1.60. The van der Waals surface area contributed by atoms with Gasteiger partial charge >= 0.3 is 0 Å². The lowest BCUT2D eigenvalue weighted by Crippen LogP contribution is -2.54. The van der Waals surface area contributed by atoms with Crippen LogP contribution in [0.25, 0.3) is 0 Å². The Balaban J connectivity index is 2.80. The first kappa shape index (κ1) is 17.6. The second-order valence-corrected chi connectivity index (χ2v) is 7.38. The van der Waals surface area contributed by atoms with Gasteiger partial charge in [-0.05, 0) is 12.6 Å². The van der Waals surface area contributed by atoms with Gasteiger partial charge in [0.05, 0.1) is 0 Å². The lowest BCUT2D eigenvalue weighted by Gasteiger charge is -2.34. The zero-order valence-electron chi connectivity index (χ0n) is 11.7. The maximum Gasteiger partial charge on any atom is 0.223 e. The van der Waals surface area contributed by atoms with Gasteiger partial charge in [-0.15, -0.1) is 0 Å². The quantitative estimate of drug-likeness (QED) is 0.658. The Bertz CT molecular complexity index is 432. The SMILES string of the molecule is CC(C)C(=O)N[C@@H](N(C)Cc1ccccc1)C(Cl)(Cl)Cl. The van der Waals surface area contributed by atoms with Gasteiger partial charge in [-0.3, -0.25) is 9.69 Å². The Morgan fingerprint density at radius 2 is 1.80 bits per heavy atom. The van der Waals surface area contributed by atoms with Gasteiger partial charge in [0.15, 0.2) is 0 Å². The maximum absolute atomic E-state index is 11.8. The van der Waals surface area contributed by atoms with Crippen molar-refractivity contribution >= 4 is 40.7 Å². The number of carbonyl (C=O) groups is 1. The summed E-state index contributed by atoms with van der Waals surface area (Å²) in [6, 6.07) is 9.79. The van der Waals surface area contributed by atoms with Crippen molar-refractivity contribution < 1.29 is 4.79 Å². The minimum absolute atomic E-state index is 0.152. The molecule has 1 atom stereocenters. The third-order valence-electron chi connectivity index (χ3n) is 2.83. The maximum atomic E-state index is 11.8. The molecular weight excluding hydrogens is 319 g/mol. The molecule has 3 nitrogen and oxygen atoms in total. The summed E-state index contributed by atoms with van der Waals surface area (Å²) in [6.07, 6.45) is -0.692. The number of hydrogen-bond acceptors (Lipinski definition) is 2. The topological polar surface area (TPSA) is 32.3 Å². The number of nitrogens with one attached hydrogen (secondary N) is 1. The molecule has 0 spiro atoms. The molecule has 112 valence electrons. The summed E-state index contributed by atoms with van der Waals surface area (Å²) >= 11 is 18.0. The number of halogens is 3. The summed E-state index contributed by atoms with van der Waals surface area (Å²) in [5.74, 6) is -0.323. The van der Waals surface area contributed by atoms with E-state index >= 15 is 0 Å². The minimum Gasteiger partial charge on any atom is -0.336 e. The highest BCUT2D eigenvalue weighted by molar-refractivity contribution is 6.68. The van der Waals surface area contributed by atoms with Crippen LogP contribution < -0.4 is 5.32 Å². The van der Waals surface area contributed by atoms with Gasteiger partial charge in [0.2, 0.25) is 9.70 Å². The summed E-state index contributed by atoms with van der Waals surface area (Å²) in [6.45, 7) is 4.15. The molecule has 0 saturated heterocycles. The fourth-order valence-corrected chi connectivity index (χ4v) is 2.37. The average Bonchev–Trinajstić information content (AvgIpc) is 2.35. The molecule has 0 fully saturated rings. The second kappa shape index (κ2) is 7.51. The Hall–Kier alpha value is -0.480. The van der Waals surface area contributed by atoms with Crippen LogP contribution in [0.5, 0.6) is 0 Å². The van der Waals surface area contributed by atoms with Crippen LogP contribution in [-0.2, 0) is 11.3 Å². The van der Waals surface area contributed by atoms with Crippen molar-refractivity contribution in [1.29, 1.82) is 0 Å². The smallest absolute Gasteiger partial charge is 0.223 e. The van der Waals surface area contributed by atoms with Gasteiger partial charge in [-0.2, -0.15) is 0 Å². The van der Waals surface area contributed by atoms with E-state index in [1.165, 1.54) is 0 Å². The molecule has 0 unspecified atom stereocenters. The number of amides is 1. The van der Waals surface area contributed by atoms with Crippen LogP contribution in [0.15, 0.2) is 30.3 Å². The predicted molar refractivity (Wildman–Crippen MR) is 85.0 cm³/mol. The molecule has 0 radical (unpaired) electrons. The van der Waals surface area contributed by atoms with Gasteiger partial charge in [-0.25, -0.2) is 0 Å². The standard InChI is InChI=1S/C14H19Cl3N2O/c1-10(2)12(20)18-13(14(15,16)17)19(3)9-11-7-5-4-6-8-11/h4-8,10,13H,9H2,1-3H3,(H,18,20)/t13-/m0/s1. The van der Waals surface area contributed by atoms with E-state index in [4.69, 9.17) is 34.8 Å². The van der Waals surface area contributed by atoms with Gasteiger partial charge < -0.3 is 5.32 Å². The van der Waals surface area contributed by atoms with Crippen LogP contribution in [0.2, 0.25) is 0 Å². The third kappa shape index (κ3) is 5.49. The number of rotatable bonds is 5. The molecule has 0 bridgehead atoms. The first-order valence-corrected chi connectivity index (χ1v) is 7.46. The number of benzene rings is 1. The average molecular weight is 338 g/mol. The van der Waals surface area contributed by atoms with Crippen molar-refractivity contribution in [3.8, 4) is 0 Å². The van der Waals surface area contributed by atoms with Gasteiger partial charge in [0, 0.05) is 12.5 Å². The number of alkyl halides is 3. The molecule has 1 N–H and O–H groups in total. The van der Waals surface area contributed by atoms with E-state index < -0.39 is 9.96 Å². The van der Waals surface area contributed by atoms with Crippen LogP contribution >= 0.6 is 34.8 Å². The van der Waals surface area contributed by atoms with Crippen molar-refractivity contribution in [2.24, 2.45) is 5.92 Å². The molecule has 1 aromatic rings. The highest BCUT2D eigenvalue weighted by Gasteiger charge is 2.37. The lowest BCUT2D eigenvalue weighted by atomic mass is 10.2. The summed E-state index contributed by atoms with van der Waals surface area (Å²) in [5, 5.41) is 2.77. The van der Waals surface area contributed by atoms with E-state index in [-0.39, 0.29) is 11.8 Å². The van der Waals surface area contributed by atoms with Gasteiger partial charge in [0.25, 0.3) is 0 Å². The fourth-order valence-electron chi connectivity index (χ4n) is 1.71. The van der Waals surface area contributed by atoms with E-state index in [0.717, 1.165) is 5.56 Å². The van der Waals surface area contributed by atoms with Crippen molar-refractivity contribution in [3.63, 3.8) is 0 Å².